The summed E-state index contributed by atoms with van der Waals surface area (Å²) in [6.45, 7) is 0.403. The van der Waals surface area contributed by atoms with Crippen molar-refractivity contribution in [1.82, 2.24) is 10.2 Å². The van der Waals surface area contributed by atoms with Gasteiger partial charge >= 0.3 is 0 Å². The molecule has 2 amide bonds. The molecule has 0 bridgehead atoms. The van der Waals surface area contributed by atoms with Gasteiger partial charge in [-0.1, -0.05) is 36.4 Å². The number of fused-ring (bicyclic) bond motifs is 3. The highest BCUT2D eigenvalue weighted by molar-refractivity contribution is 6.29. The summed E-state index contributed by atoms with van der Waals surface area (Å²) in [7, 11) is 1.60. The third kappa shape index (κ3) is 4.20. The minimum Gasteiger partial charge on any atom is -0.459 e. The molecular formula is C30H27N3O4. The lowest BCUT2D eigenvalue weighted by Gasteiger charge is -2.35. The summed E-state index contributed by atoms with van der Waals surface area (Å²) in [6, 6.07) is 15.4. The van der Waals surface area contributed by atoms with Crippen LogP contribution < -0.4 is 5.32 Å². The van der Waals surface area contributed by atoms with Crippen molar-refractivity contribution in [3.05, 3.63) is 93.9 Å². The van der Waals surface area contributed by atoms with Gasteiger partial charge in [0, 0.05) is 32.0 Å². The minimum absolute atomic E-state index is 0.00296. The Labute approximate surface area is 214 Å². The lowest BCUT2D eigenvalue weighted by Crippen LogP contribution is -2.51. The Kier molecular flexibility index (Phi) is 5.83. The molecule has 7 heteroatoms. The molecule has 0 saturated carbocycles. The van der Waals surface area contributed by atoms with Crippen LogP contribution in [0.3, 0.4) is 0 Å². The van der Waals surface area contributed by atoms with E-state index in [-0.39, 0.29) is 23.4 Å². The van der Waals surface area contributed by atoms with Crippen molar-refractivity contribution in [1.29, 1.82) is 0 Å². The molecule has 3 aliphatic rings. The van der Waals surface area contributed by atoms with Gasteiger partial charge in [-0.3, -0.25) is 19.4 Å². The van der Waals surface area contributed by atoms with Gasteiger partial charge in [0.2, 0.25) is 5.91 Å². The Morgan fingerprint density at radius 3 is 2.81 bits per heavy atom. The molecule has 0 unspecified atom stereocenters. The van der Waals surface area contributed by atoms with Crippen LogP contribution >= 0.6 is 0 Å². The Morgan fingerprint density at radius 1 is 1.08 bits per heavy atom. The number of Topliss-reactive ketones (excluding diaryl/α,β-unsaturated/α-hetero) is 1. The number of nitrogens with one attached hydrogen (secondary N) is 1. The van der Waals surface area contributed by atoms with Crippen LogP contribution in [0.2, 0.25) is 0 Å². The van der Waals surface area contributed by atoms with Crippen LogP contribution in [0.1, 0.15) is 44.8 Å². The summed E-state index contributed by atoms with van der Waals surface area (Å²) < 4.78 is 5.70. The molecule has 186 valence electrons. The second kappa shape index (κ2) is 9.32. The molecule has 2 aromatic carbocycles. The Bertz CT molecular complexity index is 1500. The lowest BCUT2D eigenvalue weighted by atomic mass is 9.92. The van der Waals surface area contributed by atoms with Crippen molar-refractivity contribution >= 4 is 35.1 Å². The number of furan rings is 1. The molecule has 6 rings (SSSR count). The SMILES string of the molecule is CNC(=O)[C@H]1CC2=C(Cc3ccccc32)CN1C(=O)c1occc1CCc1ccc2c(c1)CC(=O)C=N2. The fourth-order valence-corrected chi connectivity index (χ4v) is 5.70. The van der Waals surface area contributed by atoms with E-state index in [1.165, 1.54) is 34.8 Å². The molecule has 1 aromatic heterocycles. The van der Waals surface area contributed by atoms with E-state index >= 15 is 0 Å². The van der Waals surface area contributed by atoms with Crippen LogP contribution in [0.4, 0.5) is 5.69 Å². The fourth-order valence-electron chi connectivity index (χ4n) is 5.70. The van der Waals surface area contributed by atoms with Gasteiger partial charge in [-0.05, 0) is 64.8 Å². The zero-order valence-electron chi connectivity index (χ0n) is 20.6. The number of hydrogen-bond acceptors (Lipinski definition) is 5. The third-order valence-corrected chi connectivity index (χ3v) is 7.60. The molecule has 1 aliphatic carbocycles. The van der Waals surface area contributed by atoms with E-state index in [1.54, 1.807) is 11.9 Å². The predicted molar refractivity (Wildman–Crippen MR) is 140 cm³/mol. The maximum atomic E-state index is 13.8. The normalized spacial score (nSPS) is 17.9. The standard InChI is InChI=1S/C30H27N3O4/c1-31-29(35)27-15-25-22(13-20-4-2-3-5-24(20)25)17-33(27)30(36)28-19(10-11-37-28)8-6-18-7-9-26-21(12-18)14-23(34)16-32-26/h2-5,7,9-12,16,27H,6,8,13-15,17H2,1H3,(H,31,35)/t27-/m1/s1. The molecule has 0 saturated heterocycles. The first-order valence-electron chi connectivity index (χ1n) is 12.6. The first-order valence-corrected chi connectivity index (χ1v) is 12.6. The second-order valence-corrected chi connectivity index (χ2v) is 9.82. The van der Waals surface area contributed by atoms with Gasteiger partial charge in [0.05, 0.1) is 18.2 Å². The van der Waals surface area contributed by atoms with Crippen molar-refractivity contribution in [3.8, 4) is 0 Å². The highest BCUT2D eigenvalue weighted by Crippen LogP contribution is 2.40. The van der Waals surface area contributed by atoms with E-state index in [9.17, 15) is 14.4 Å². The molecule has 1 N–H and O–H groups in total. The Morgan fingerprint density at radius 2 is 1.95 bits per heavy atom. The van der Waals surface area contributed by atoms with Crippen LogP contribution in [0, 0.1) is 0 Å². The molecule has 2 aliphatic heterocycles. The summed E-state index contributed by atoms with van der Waals surface area (Å²) >= 11 is 0. The number of hydrogen-bond donors (Lipinski definition) is 1. The maximum Gasteiger partial charge on any atom is 0.290 e. The van der Waals surface area contributed by atoms with Gasteiger partial charge < -0.3 is 14.6 Å². The molecule has 1 atom stereocenters. The highest BCUT2D eigenvalue weighted by Gasteiger charge is 2.39. The Hall–Kier alpha value is -4.26. The summed E-state index contributed by atoms with van der Waals surface area (Å²) in [4.78, 5) is 44.3. The number of aliphatic imine (C=N–C) groups is 1. The number of amides is 2. The number of carbonyl (C=O) groups is 3. The van der Waals surface area contributed by atoms with Gasteiger partial charge in [0.15, 0.2) is 11.5 Å². The summed E-state index contributed by atoms with van der Waals surface area (Å²) in [5.41, 5.74) is 8.44. The first-order chi connectivity index (χ1) is 18.0. The van der Waals surface area contributed by atoms with Crippen molar-refractivity contribution in [2.45, 2.75) is 38.1 Å². The van der Waals surface area contributed by atoms with Crippen LogP contribution in [0.15, 0.2) is 69.8 Å². The van der Waals surface area contributed by atoms with E-state index < -0.39 is 6.04 Å². The van der Waals surface area contributed by atoms with Gasteiger partial charge in [-0.2, -0.15) is 0 Å². The van der Waals surface area contributed by atoms with Crippen molar-refractivity contribution in [3.63, 3.8) is 0 Å². The fraction of sp³-hybridized carbons (Fsp3) is 0.267. The summed E-state index contributed by atoms with van der Waals surface area (Å²) in [5.74, 6) is -0.153. The number of ketones is 1. The van der Waals surface area contributed by atoms with Crippen LogP contribution in [-0.4, -0.2) is 48.3 Å². The van der Waals surface area contributed by atoms with E-state index in [0.29, 0.717) is 32.2 Å². The van der Waals surface area contributed by atoms with Gasteiger partial charge in [-0.25, -0.2) is 0 Å². The zero-order chi connectivity index (χ0) is 25.5. The molecule has 0 fully saturated rings. The first kappa shape index (κ1) is 23.2. The van der Waals surface area contributed by atoms with Gasteiger partial charge in [0.1, 0.15) is 6.04 Å². The molecular weight excluding hydrogens is 466 g/mol. The van der Waals surface area contributed by atoms with E-state index in [2.05, 4.69) is 22.4 Å². The van der Waals surface area contributed by atoms with E-state index in [1.807, 2.05) is 36.4 Å². The van der Waals surface area contributed by atoms with Crippen molar-refractivity contribution in [2.75, 3.05) is 13.6 Å². The summed E-state index contributed by atoms with van der Waals surface area (Å²) in [6.07, 6.45) is 5.86. The number of aryl methyl sites for hydroxylation is 2. The van der Waals surface area contributed by atoms with Crippen molar-refractivity contribution in [2.24, 2.45) is 4.99 Å². The molecule has 3 heterocycles. The lowest BCUT2D eigenvalue weighted by molar-refractivity contribution is -0.125. The number of carbonyl (C=O) groups excluding carboxylic acids is 3. The predicted octanol–water partition coefficient (Wildman–Crippen LogP) is 3.86. The van der Waals surface area contributed by atoms with E-state index in [0.717, 1.165) is 28.8 Å². The highest BCUT2D eigenvalue weighted by atomic mass is 16.3. The van der Waals surface area contributed by atoms with Gasteiger partial charge in [-0.15, -0.1) is 0 Å². The average Bonchev–Trinajstić information content (AvgIpc) is 3.54. The molecule has 0 spiro atoms. The zero-order valence-corrected chi connectivity index (χ0v) is 20.6. The largest absolute Gasteiger partial charge is 0.459 e. The average molecular weight is 494 g/mol. The molecule has 37 heavy (non-hydrogen) atoms. The van der Waals surface area contributed by atoms with E-state index in [4.69, 9.17) is 4.42 Å². The molecule has 3 aromatic rings. The van der Waals surface area contributed by atoms with Gasteiger partial charge in [0.25, 0.3) is 5.91 Å². The smallest absolute Gasteiger partial charge is 0.290 e. The number of likely N-dealkylation sites (N-methyl/N-ethyl adjacent to an activating group) is 1. The van der Waals surface area contributed by atoms with Crippen LogP contribution in [-0.2, 0) is 35.3 Å². The number of nitrogens with zero attached hydrogens (tertiary/aromatic N) is 2. The summed E-state index contributed by atoms with van der Waals surface area (Å²) in [5, 5.41) is 2.74. The van der Waals surface area contributed by atoms with Crippen molar-refractivity contribution < 1.29 is 18.8 Å². The monoisotopic (exact) mass is 493 g/mol. The molecule has 0 radical (unpaired) electrons. The number of benzene rings is 2. The Balaban J connectivity index is 1.23. The van der Waals surface area contributed by atoms with Crippen LogP contribution in [0.25, 0.3) is 5.57 Å². The quantitative estimate of drug-likeness (QED) is 0.584. The maximum absolute atomic E-state index is 13.8. The van der Waals surface area contributed by atoms with Crippen LogP contribution in [0.5, 0.6) is 0 Å². The topological polar surface area (TPSA) is 92.0 Å². The second-order valence-electron chi connectivity index (χ2n) is 9.82. The molecule has 7 nitrogen and oxygen atoms in total. The number of rotatable bonds is 5. The third-order valence-electron chi connectivity index (χ3n) is 7.60. The minimum atomic E-state index is -0.598.